The lowest BCUT2D eigenvalue weighted by molar-refractivity contribution is 0.0339. The molecule has 0 aliphatic carbocycles. The molecule has 0 spiro atoms. The maximum absolute atomic E-state index is 6.05. The molecule has 102 valence electrons. The highest BCUT2D eigenvalue weighted by molar-refractivity contribution is 5.06. The maximum atomic E-state index is 6.05. The molecule has 2 heterocycles. The van der Waals surface area contributed by atoms with Crippen molar-refractivity contribution in [2.24, 2.45) is 0 Å². The number of hydrogen-bond acceptors (Lipinski definition) is 3. The molecule has 0 aromatic carbocycles. The van der Waals surface area contributed by atoms with Crippen molar-refractivity contribution in [3.05, 3.63) is 17.5 Å². The number of hydrogen-bond donors (Lipinski definition) is 1. The van der Waals surface area contributed by atoms with Crippen LogP contribution in [0.4, 0.5) is 0 Å². The van der Waals surface area contributed by atoms with E-state index in [1.54, 1.807) is 0 Å². The molecule has 1 N–H and O–H groups in total. The van der Waals surface area contributed by atoms with Crippen LogP contribution in [0.15, 0.2) is 6.07 Å². The first-order valence-corrected chi connectivity index (χ1v) is 7.06. The Morgan fingerprint density at radius 2 is 2.17 bits per heavy atom. The first-order valence-electron chi connectivity index (χ1n) is 7.06. The van der Waals surface area contributed by atoms with Crippen LogP contribution >= 0.6 is 0 Å². The fourth-order valence-corrected chi connectivity index (χ4v) is 2.56. The van der Waals surface area contributed by atoms with E-state index in [1.807, 2.05) is 6.92 Å². The van der Waals surface area contributed by atoms with Gasteiger partial charge in [-0.1, -0.05) is 6.92 Å². The summed E-state index contributed by atoms with van der Waals surface area (Å²) in [4.78, 5) is 0. The third-order valence-electron chi connectivity index (χ3n) is 3.47. The summed E-state index contributed by atoms with van der Waals surface area (Å²) in [5, 5.41) is 7.92. The van der Waals surface area contributed by atoms with Crippen molar-refractivity contribution >= 4 is 0 Å². The minimum Gasteiger partial charge on any atom is -0.372 e. The molecule has 0 amide bonds. The molecular weight excluding hydrogens is 226 g/mol. The first-order chi connectivity index (χ1) is 8.69. The van der Waals surface area contributed by atoms with Gasteiger partial charge in [0.1, 0.15) is 0 Å². The van der Waals surface area contributed by atoms with Crippen LogP contribution in [0.1, 0.15) is 37.6 Å². The van der Waals surface area contributed by atoms with Gasteiger partial charge in [0.25, 0.3) is 0 Å². The van der Waals surface area contributed by atoms with Crippen LogP contribution in [0, 0.1) is 13.8 Å². The third kappa shape index (κ3) is 3.56. The second-order valence-electron chi connectivity index (χ2n) is 5.27. The average molecular weight is 251 g/mol. The normalized spacial score (nSPS) is 23.7. The van der Waals surface area contributed by atoms with Crippen molar-refractivity contribution in [3.8, 4) is 0 Å². The number of aromatic nitrogens is 2. The quantitative estimate of drug-likeness (QED) is 0.787. The number of aryl methyl sites for hydroxylation is 2. The van der Waals surface area contributed by atoms with Gasteiger partial charge in [0.2, 0.25) is 0 Å². The molecule has 1 fully saturated rings. The van der Waals surface area contributed by atoms with Crippen LogP contribution in [0.3, 0.4) is 0 Å². The molecule has 18 heavy (non-hydrogen) atoms. The molecule has 1 aliphatic heterocycles. The number of nitrogens with one attached hydrogen (secondary N) is 1. The van der Waals surface area contributed by atoms with E-state index < -0.39 is 0 Å². The summed E-state index contributed by atoms with van der Waals surface area (Å²) in [6.07, 6.45) is 4.22. The lowest BCUT2D eigenvalue weighted by Gasteiger charge is -2.15. The molecule has 0 saturated carbocycles. The van der Waals surface area contributed by atoms with Crippen molar-refractivity contribution < 1.29 is 4.74 Å². The molecule has 0 bridgehead atoms. The van der Waals surface area contributed by atoms with Crippen LogP contribution in [0.5, 0.6) is 0 Å². The summed E-state index contributed by atoms with van der Waals surface area (Å²) in [5.41, 5.74) is 2.32. The smallest absolute Gasteiger partial charge is 0.0776 e. The standard InChI is InChI=1S/C14H25N3O/c1-4-7-15-9-13-5-6-14(18-13)10-17-12(3)8-11(2)16-17/h8,13-15H,4-7,9-10H2,1-3H3. The number of ether oxygens (including phenoxy) is 1. The van der Waals surface area contributed by atoms with Crippen molar-refractivity contribution in [1.82, 2.24) is 15.1 Å². The Balaban J connectivity index is 1.77. The lowest BCUT2D eigenvalue weighted by atomic mass is 10.2. The van der Waals surface area contributed by atoms with Crippen molar-refractivity contribution in [3.63, 3.8) is 0 Å². The molecule has 2 unspecified atom stereocenters. The summed E-state index contributed by atoms with van der Waals surface area (Å²) in [6.45, 7) is 9.30. The average Bonchev–Trinajstić information content (AvgIpc) is 2.88. The van der Waals surface area contributed by atoms with Crippen LogP contribution in [0.25, 0.3) is 0 Å². The van der Waals surface area contributed by atoms with Gasteiger partial charge in [-0.05, 0) is 45.7 Å². The van der Waals surface area contributed by atoms with E-state index >= 15 is 0 Å². The van der Waals surface area contributed by atoms with Gasteiger partial charge in [0.15, 0.2) is 0 Å². The van der Waals surface area contributed by atoms with Crippen molar-refractivity contribution in [1.29, 1.82) is 0 Å². The zero-order valence-electron chi connectivity index (χ0n) is 11.8. The van der Waals surface area contributed by atoms with Gasteiger partial charge in [-0.25, -0.2) is 0 Å². The SMILES string of the molecule is CCCNCC1CCC(Cn2nc(C)cc2C)O1. The van der Waals surface area contributed by atoms with E-state index in [9.17, 15) is 0 Å². The van der Waals surface area contributed by atoms with Gasteiger partial charge in [0, 0.05) is 12.2 Å². The van der Waals surface area contributed by atoms with E-state index in [0.717, 1.165) is 31.7 Å². The molecule has 4 nitrogen and oxygen atoms in total. The zero-order chi connectivity index (χ0) is 13.0. The maximum Gasteiger partial charge on any atom is 0.0776 e. The monoisotopic (exact) mass is 251 g/mol. The molecule has 4 heteroatoms. The van der Waals surface area contributed by atoms with Gasteiger partial charge >= 0.3 is 0 Å². The Bertz CT molecular complexity index is 375. The molecule has 1 aromatic rings. The van der Waals surface area contributed by atoms with E-state index in [1.165, 1.54) is 18.5 Å². The second-order valence-corrected chi connectivity index (χ2v) is 5.27. The van der Waals surface area contributed by atoms with Crippen LogP contribution in [-0.2, 0) is 11.3 Å². The lowest BCUT2D eigenvalue weighted by Crippen LogP contribution is -2.28. The topological polar surface area (TPSA) is 39.1 Å². The summed E-state index contributed by atoms with van der Waals surface area (Å²) in [5.74, 6) is 0. The van der Waals surface area contributed by atoms with E-state index in [4.69, 9.17) is 4.74 Å². The summed E-state index contributed by atoms with van der Waals surface area (Å²) < 4.78 is 8.12. The Kier molecular flexibility index (Phi) is 4.78. The zero-order valence-corrected chi connectivity index (χ0v) is 11.8. The second kappa shape index (κ2) is 6.34. The third-order valence-corrected chi connectivity index (χ3v) is 3.47. The number of rotatable bonds is 6. The van der Waals surface area contributed by atoms with Gasteiger partial charge in [-0.2, -0.15) is 5.10 Å². The van der Waals surface area contributed by atoms with Crippen molar-refractivity contribution in [2.75, 3.05) is 13.1 Å². The fraction of sp³-hybridized carbons (Fsp3) is 0.786. The highest BCUT2D eigenvalue weighted by Gasteiger charge is 2.25. The van der Waals surface area contributed by atoms with E-state index in [2.05, 4.69) is 35.0 Å². The molecular formula is C14H25N3O. The highest BCUT2D eigenvalue weighted by atomic mass is 16.5. The van der Waals surface area contributed by atoms with E-state index in [-0.39, 0.29) is 0 Å². The van der Waals surface area contributed by atoms with E-state index in [0.29, 0.717) is 12.2 Å². The van der Waals surface area contributed by atoms with Gasteiger partial charge in [-0.3, -0.25) is 4.68 Å². The Labute approximate surface area is 110 Å². The Hall–Kier alpha value is -0.870. The first kappa shape index (κ1) is 13.6. The molecule has 1 aromatic heterocycles. The van der Waals surface area contributed by atoms with Crippen LogP contribution < -0.4 is 5.32 Å². The summed E-state index contributed by atoms with van der Waals surface area (Å²) in [6, 6.07) is 2.12. The Morgan fingerprint density at radius 1 is 1.39 bits per heavy atom. The number of nitrogens with zero attached hydrogens (tertiary/aromatic N) is 2. The summed E-state index contributed by atoms with van der Waals surface area (Å²) in [7, 11) is 0. The molecule has 2 atom stereocenters. The van der Waals surface area contributed by atoms with Gasteiger partial charge in [-0.15, -0.1) is 0 Å². The summed E-state index contributed by atoms with van der Waals surface area (Å²) >= 11 is 0. The Morgan fingerprint density at radius 3 is 2.83 bits per heavy atom. The van der Waals surface area contributed by atoms with Crippen LogP contribution in [-0.4, -0.2) is 35.1 Å². The molecule has 1 saturated heterocycles. The van der Waals surface area contributed by atoms with Crippen molar-refractivity contribution in [2.45, 2.75) is 58.8 Å². The predicted molar refractivity (Wildman–Crippen MR) is 72.8 cm³/mol. The highest BCUT2D eigenvalue weighted by Crippen LogP contribution is 2.21. The molecule has 2 rings (SSSR count). The van der Waals surface area contributed by atoms with Crippen LogP contribution in [0.2, 0.25) is 0 Å². The van der Waals surface area contributed by atoms with Gasteiger partial charge < -0.3 is 10.1 Å². The molecule has 1 aliphatic rings. The largest absolute Gasteiger partial charge is 0.372 e. The minimum absolute atomic E-state index is 0.330. The fourth-order valence-electron chi connectivity index (χ4n) is 2.56. The predicted octanol–water partition coefficient (Wildman–Crippen LogP) is 2.05. The van der Waals surface area contributed by atoms with Gasteiger partial charge in [0.05, 0.1) is 24.4 Å². The minimum atomic E-state index is 0.330. The molecule has 0 radical (unpaired) electrons.